The van der Waals surface area contributed by atoms with Crippen LogP contribution in [-0.2, 0) is 14.1 Å². The standard InChI is InChI=1S/C15H30NO3P/c1-6-8-10-13(17)15(19-20,12-16(3,4)5)14(18)11-9-7-2/h20H,6-12H2,1-5H3. The molecule has 0 aromatic heterocycles. The van der Waals surface area contributed by atoms with Crippen LogP contribution in [0.3, 0.4) is 0 Å². The minimum absolute atomic E-state index is 0.108. The van der Waals surface area contributed by atoms with Crippen molar-refractivity contribution in [3.05, 3.63) is 0 Å². The molecule has 0 unspecified atom stereocenters. The number of rotatable bonds is 11. The zero-order valence-electron chi connectivity index (χ0n) is 13.6. The molecule has 0 saturated heterocycles. The Kier molecular flexibility index (Phi) is 8.72. The Bertz CT molecular complexity index is 304. The van der Waals surface area contributed by atoms with Crippen molar-refractivity contribution in [3.63, 3.8) is 0 Å². The van der Waals surface area contributed by atoms with Gasteiger partial charge in [0.15, 0.2) is 11.6 Å². The van der Waals surface area contributed by atoms with Gasteiger partial charge < -0.3 is 18.5 Å². The third-order valence-corrected chi connectivity index (χ3v) is 3.64. The van der Waals surface area contributed by atoms with Crippen LogP contribution >= 0.6 is 9.47 Å². The Balaban J connectivity index is 5.26. The first-order valence-corrected chi connectivity index (χ1v) is 7.86. The quantitative estimate of drug-likeness (QED) is 0.335. The number of ketones is 2. The Hall–Kier alpha value is -0.310. The van der Waals surface area contributed by atoms with E-state index in [2.05, 4.69) is 9.47 Å². The lowest BCUT2D eigenvalue weighted by atomic mass is 9.86. The summed E-state index contributed by atoms with van der Waals surface area (Å²) in [6.07, 6.45) is 4.20. The number of carbonyl (C=O) groups is 2. The largest absolute Gasteiger partial charge is 0.541 e. The van der Waals surface area contributed by atoms with Crippen molar-refractivity contribution in [2.75, 3.05) is 27.7 Å². The summed E-state index contributed by atoms with van der Waals surface area (Å²) < 4.78 is 5.82. The van der Waals surface area contributed by atoms with Crippen LogP contribution in [0.15, 0.2) is 0 Å². The molecule has 0 aliphatic rings. The molecule has 0 heterocycles. The van der Waals surface area contributed by atoms with E-state index in [4.69, 9.17) is 4.52 Å². The highest BCUT2D eigenvalue weighted by atomic mass is 31.0. The van der Waals surface area contributed by atoms with Crippen LogP contribution in [0.25, 0.3) is 0 Å². The van der Waals surface area contributed by atoms with Gasteiger partial charge >= 0.3 is 0 Å². The first-order valence-electron chi connectivity index (χ1n) is 7.45. The van der Waals surface area contributed by atoms with Gasteiger partial charge in [-0.1, -0.05) is 26.7 Å². The molecule has 0 rings (SSSR count). The fraction of sp³-hybridized carbons (Fsp3) is 0.867. The van der Waals surface area contributed by atoms with Crippen LogP contribution in [0.4, 0.5) is 0 Å². The van der Waals surface area contributed by atoms with Crippen molar-refractivity contribution in [2.24, 2.45) is 0 Å². The summed E-state index contributed by atoms with van der Waals surface area (Å²) in [6.45, 7) is 4.41. The summed E-state index contributed by atoms with van der Waals surface area (Å²) in [6, 6.07) is 0. The molecule has 5 heteroatoms. The molecule has 4 nitrogen and oxygen atoms in total. The summed E-state index contributed by atoms with van der Waals surface area (Å²) in [4.78, 5) is 25.1. The summed E-state index contributed by atoms with van der Waals surface area (Å²) in [5, 5.41) is 0. The Morgan fingerprint density at radius 3 is 1.65 bits per heavy atom. The third-order valence-electron chi connectivity index (χ3n) is 3.29. The summed E-state index contributed by atoms with van der Waals surface area (Å²) in [7, 11) is 8.89. The van der Waals surface area contributed by atoms with Crippen molar-refractivity contribution in [2.45, 2.75) is 58.0 Å². The molecule has 118 valence electrons. The summed E-state index contributed by atoms with van der Waals surface area (Å²) in [5.41, 5.74) is -1.35. The fourth-order valence-corrected chi connectivity index (χ4v) is 2.52. The van der Waals surface area contributed by atoms with Crippen LogP contribution in [0.1, 0.15) is 52.4 Å². The number of quaternary nitrogens is 1. The Morgan fingerprint density at radius 1 is 1.00 bits per heavy atom. The first-order chi connectivity index (χ1) is 9.23. The first kappa shape index (κ1) is 19.7. The van der Waals surface area contributed by atoms with E-state index in [1.807, 2.05) is 35.0 Å². The van der Waals surface area contributed by atoms with Gasteiger partial charge in [-0.05, 0) is 12.8 Å². The van der Waals surface area contributed by atoms with Gasteiger partial charge in [0.05, 0.1) is 21.1 Å². The maximum absolute atomic E-state index is 12.6. The van der Waals surface area contributed by atoms with Crippen LogP contribution in [0.5, 0.6) is 0 Å². The number of unbranched alkanes of at least 4 members (excludes halogenated alkanes) is 2. The van der Waals surface area contributed by atoms with E-state index in [1.165, 1.54) is 0 Å². The molecule has 0 aromatic carbocycles. The molecule has 0 atom stereocenters. The normalized spacial score (nSPS) is 12.5. The molecule has 0 aromatic rings. The molecule has 0 aliphatic carbocycles. The molecule has 0 bridgehead atoms. The third kappa shape index (κ3) is 5.99. The van der Waals surface area contributed by atoms with Crippen LogP contribution < -0.4 is 0 Å². The second-order valence-electron chi connectivity index (χ2n) is 6.43. The smallest absolute Gasteiger partial charge is 0.204 e. The van der Waals surface area contributed by atoms with E-state index in [0.29, 0.717) is 23.9 Å². The molecule has 0 spiro atoms. The monoisotopic (exact) mass is 303 g/mol. The van der Waals surface area contributed by atoms with E-state index in [1.54, 1.807) is 0 Å². The minimum atomic E-state index is -1.35. The van der Waals surface area contributed by atoms with Crippen molar-refractivity contribution in [3.8, 4) is 0 Å². The number of carbonyl (C=O) groups excluding carboxylic acids is 2. The molecule has 0 aliphatic heterocycles. The van der Waals surface area contributed by atoms with Crippen molar-refractivity contribution < 1.29 is 18.6 Å². The minimum Gasteiger partial charge on any atom is -0.541 e. The highest BCUT2D eigenvalue weighted by Gasteiger charge is 2.46. The van der Waals surface area contributed by atoms with Gasteiger partial charge in [0.25, 0.3) is 0 Å². The Labute approximate surface area is 126 Å². The lowest BCUT2D eigenvalue weighted by molar-refractivity contribution is -0.873. The molecule has 0 N–H and O–H groups in total. The molecular formula is C15H30NO3P. The van der Waals surface area contributed by atoms with E-state index < -0.39 is 5.60 Å². The van der Waals surface area contributed by atoms with Crippen molar-refractivity contribution >= 4 is 21.0 Å². The maximum Gasteiger partial charge on any atom is 0.204 e. The summed E-state index contributed by atoms with van der Waals surface area (Å²) in [5.74, 6) is -0.216. The fourth-order valence-electron chi connectivity index (χ4n) is 2.22. The highest BCUT2D eigenvalue weighted by molar-refractivity contribution is 7.10. The van der Waals surface area contributed by atoms with Crippen molar-refractivity contribution in [1.29, 1.82) is 0 Å². The van der Waals surface area contributed by atoms with Gasteiger partial charge in [0.1, 0.15) is 6.54 Å². The molecule has 0 saturated carbocycles. The molecule has 0 radical (unpaired) electrons. The second-order valence-corrected chi connectivity index (χ2v) is 6.64. The predicted molar refractivity (Wildman–Crippen MR) is 84.1 cm³/mol. The number of hydrogen-bond donors (Lipinski definition) is 0. The lowest BCUT2D eigenvalue weighted by Crippen LogP contribution is -2.58. The summed E-state index contributed by atoms with van der Waals surface area (Å²) >= 11 is 0. The van der Waals surface area contributed by atoms with E-state index in [0.717, 1.165) is 25.7 Å². The van der Waals surface area contributed by atoms with E-state index >= 15 is 0 Å². The van der Waals surface area contributed by atoms with Crippen LogP contribution in [0.2, 0.25) is 0 Å². The van der Waals surface area contributed by atoms with E-state index in [9.17, 15) is 9.59 Å². The molecule has 20 heavy (non-hydrogen) atoms. The van der Waals surface area contributed by atoms with Gasteiger partial charge in [-0.2, -0.15) is 0 Å². The van der Waals surface area contributed by atoms with Gasteiger partial charge in [-0.15, -0.1) is 0 Å². The molecule has 0 fully saturated rings. The van der Waals surface area contributed by atoms with Crippen molar-refractivity contribution in [1.82, 2.24) is 0 Å². The predicted octanol–water partition coefficient (Wildman–Crippen LogP) is 3.02. The molecule has 0 amide bonds. The van der Waals surface area contributed by atoms with Gasteiger partial charge in [0.2, 0.25) is 5.60 Å². The Morgan fingerprint density at radius 2 is 1.40 bits per heavy atom. The SMILES string of the molecule is CCCCC(=O)C(C[N+](C)(C)C)(O[PH-])C(=O)CCCC. The molecular weight excluding hydrogens is 273 g/mol. The van der Waals surface area contributed by atoms with Gasteiger partial charge in [0, 0.05) is 12.8 Å². The number of Topliss-reactive ketones (excluding diaryl/α,β-unsaturated/α-hetero) is 2. The highest BCUT2D eigenvalue weighted by Crippen LogP contribution is 2.26. The number of likely N-dealkylation sites (N-methyl/N-ethyl adjacent to an activating group) is 1. The maximum atomic E-state index is 12.6. The number of hydrogen-bond acceptors (Lipinski definition) is 3. The van der Waals surface area contributed by atoms with E-state index in [-0.39, 0.29) is 11.6 Å². The van der Waals surface area contributed by atoms with Crippen LogP contribution in [-0.4, -0.2) is 49.3 Å². The average Bonchev–Trinajstić information content (AvgIpc) is 2.38. The van der Waals surface area contributed by atoms with Crippen LogP contribution in [0, 0.1) is 0 Å². The second kappa shape index (κ2) is 8.86. The lowest BCUT2D eigenvalue weighted by Gasteiger charge is -2.39. The zero-order valence-corrected chi connectivity index (χ0v) is 14.6. The average molecular weight is 303 g/mol. The van der Waals surface area contributed by atoms with Gasteiger partial charge in [-0.3, -0.25) is 9.59 Å². The topological polar surface area (TPSA) is 43.4 Å². The zero-order chi connectivity index (χ0) is 15.8. The number of nitrogens with zero attached hydrogens (tertiary/aromatic N) is 1. The van der Waals surface area contributed by atoms with Gasteiger partial charge in [-0.25, -0.2) is 0 Å².